The predicted molar refractivity (Wildman–Crippen MR) is 108 cm³/mol. The quantitative estimate of drug-likeness (QED) is 0.757. The van der Waals surface area contributed by atoms with E-state index in [1.165, 1.54) is 29.5 Å². The topological polar surface area (TPSA) is 29.5 Å². The van der Waals surface area contributed by atoms with Crippen molar-refractivity contribution < 1.29 is 9.84 Å². The zero-order valence-corrected chi connectivity index (χ0v) is 16.0. The molecule has 27 heavy (non-hydrogen) atoms. The molecule has 0 heterocycles. The van der Waals surface area contributed by atoms with Gasteiger partial charge in [-0.1, -0.05) is 55.5 Å². The van der Waals surface area contributed by atoms with Gasteiger partial charge in [-0.2, -0.15) is 0 Å². The highest BCUT2D eigenvalue weighted by molar-refractivity contribution is 5.41. The summed E-state index contributed by atoms with van der Waals surface area (Å²) in [5.41, 5.74) is 4.24. The number of aliphatic hydroxyl groups excluding tert-OH is 1. The van der Waals surface area contributed by atoms with Crippen LogP contribution in [0, 0.1) is 17.3 Å². The molecule has 0 bridgehead atoms. The maximum absolute atomic E-state index is 10.5. The molecule has 2 aromatic carbocycles. The monoisotopic (exact) mass is 360 g/mol. The van der Waals surface area contributed by atoms with Gasteiger partial charge in [-0.3, -0.25) is 0 Å². The third kappa shape index (κ3) is 2.82. The molecule has 1 fully saturated rings. The summed E-state index contributed by atoms with van der Waals surface area (Å²) in [5.74, 6) is 2.80. The molecule has 3 aliphatic carbocycles. The highest BCUT2D eigenvalue weighted by Crippen LogP contribution is 2.58. The summed E-state index contributed by atoms with van der Waals surface area (Å²) in [4.78, 5) is 0. The molecule has 0 saturated heterocycles. The second kappa shape index (κ2) is 6.53. The van der Waals surface area contributed by atoms with Crippen molar-refractivity contribution >= 4 is 0 Å². The molecule has 5 rings (SSSR count). The second-order valence-electron chi connectivity index (χ2n) is 8.84. The number of hydrogen-bond donors (Lipinski definition) is 1. The molecular formula is C25H28O2. The van der Waals surface area contributed by atoms with E-state index in [1.54, 1.807) is 0 Å². The lowest BCUT2D eigenvalue weighted by molar-refractivity contribution is -0.0101. The molecule has 0 radical (unpaired) electrons. The van der Waals surface area contributed by atoms with Gasteiger partial charge in [-0.05, 0) is 72.3 Å². The Morgan fingerprint density at radius 2 is 1.93 bits per heavy atom. The van der Waals surface area contributed by atoms with Gasteiger partial charge in [-0.25, -0.2) is 0 Å². The van der Waals surface area contributed by atoms with Gasteiger partial charge in [0.15, 0.2) is 0 Å². The number of allylic oxidation sites excluding steroid dienone is 1. The van der Waals surface area contributed by atoms with E-state index < -0.39 is 0 Å². The molecule has 0 spiro atoms. The van der Waals surface area contributed by atoms with E-state index in [0.717, 1.165) is 18.6 Å². The van der Waals surface area contributed by atoms with Gasteiger partial charge in [0, 0.05) is 5.41 Å². The Labute approximate surface area is 161 Å². The van der Waals surface area contributed by atoms with Crippen molar-refractivity contribution in [1.82, 2.24) is 0 Å². The largest absolute Gasteiger partial charge is 0.489 e. The Bertz CT molecular complexity index is 856. The lowest BCUT2D eigenvalue weighted by Gasteiger charge is -2.50. The Hall–Kier alpha value is -2.06. The van der Waals surface area contributed by atoms with E-state index in [4.69, 9.17) is 4.74 Å². The van der Waals surface area contributed by atoms with Gasteiger partial charge in [0.1, 0.15) is 12.4 Å². The molecule has 5 atom stereocenters. The van der Waals surface area contributed by atoms with E-state index in [0.29, 0.717) is 24.4 Å². The first kappa shape index (κ1) is 17.1. The molecule has 0 unspecified atom stereocenters. The Balaban J connectivity index is 1.35. The molecule has 0 aliphatic heterocycles. The van der Waals surface area contributed by atoms with E-state index >= 15 is 0 Å². The zero-order valence-electron chi connectivity index (χ0n) is 16.0. The van der Waals surface area contributed by atoms with Crippen LogP contribution in [0.3, 0.4) is 0 Å². The van der Waals surface area contributed by atoms with Gasteiger partial charge >= 0.3 is 0 Å². The Morgan fingerprint density at radius 3 is 2.78 bits per heavy atom. The number of ether oxygens (including phenoxy) is 1. The van der Waals surface area contributed by atoms with Crippen molar-refractivity contribution in [2.24, 2.45) is 17.3 Å². The third-order valence-corrected chi connectivity index (χ3v) is 7.42. The van der Waals surface area contributed by atoms with Crippen molar-refractivity contribution in [3.8, 4) is 5.75 Å². The Kier molecular flexibility index (Phi) is 4.12. The first-order valence-corrected chi connectivity index (χ1v) is 10.3. The average molecular weight is 360 g/mol. The molecule has 2 nitrogen and oxygen atoms in total. The lowest BCUT2D eigenvalue weighted by atomic mass is 9.55. The van der Waals surface area contributed by atoms with Crippen molar-refractivity contribution in [3.63, 3.8) is 0 Å². The van der Waals surface area contributed by atoms with Gasteiger partial charge in [0.05, 0.1) is 6.10 Å². The van der Waals surface area contributed by atoms with Crippen LogP contribution in [0.4, 0.5) is 0 Å². The molecule has 1 N–H and O–H groups in total. The second-order valence-corrected chi connectivity index (χ2v) is 8.84. The molecule has 3 aliphatic rings. The minimum Gasteiger partial charge on any atom is -0.489 e. The first-order chi connectivity index (χ1) is 13.1. The van der Waals surface area contributed by atoms with Crippen LogP contribution < -0.4 is 4.74 Å². The van der Waals surface area contributed by atoms with Crippen LogP contribution in [0.15, 0.2) is 60.7 Å². The minimum absolute atomic E-state index is 0.0530. The summed E-state index contributed by atoms with van der Waals surface area (Å²) in [7, 11) is 0. The molecule has 1 saturated carbocycles. The van der Waals surface area contributed by atoms with Gasteiger partial charge in [0.25, 0.3) is 0 Å². The lowest BCUT2D eigenvalue weighted by Crippen LogP contribution is -2.44. The number of fused-ring (bicyclic) bond motifs is 5. The standard InChI is InChI=1S/C25H28O2/c1-25-14-13-21-20-10-8-19(27-16-17-5-3-2-4-6-17)15-18(20)7-9-22(21)23(25)11-12-24(25)26/h2-6,8,10-12,15,21-24,26H,7,9,13-14,16H2,1H3/t21-,22+,23+,24-,25-/m0/s1. The van der Waals surface area contributed by atoms with Crippen LogP contribution in [0.25, 0.3) is 0 Å². The van der Waals surface area contributed by atoms with Gasteiger partial charge < -0.3 is 9.84 Å². The highest BCUT2D eigenvalue weighted by Gasteiger charge is 2.52. The first-order valence-electron chi connectivity index (χ1n) is 10.3. The van der Waals surface area contributed by atoms with Crippen molar-refractivity contribution in [3.05, 3.63) is 77.4 Å². The number of hydrogen-bond acceptors (Lipinski definition) is 2. The molecule has 0 aromatic heterocycles. The van der Waals surface area contributed by atoms with Crippen LogP contribution >= 0.6 is 0 Å². The van der Waals surface area contributed by atoms with E-state index in [9.17, 15) is 5.11 Å². The van der Waals surface area contributed by atoms with Crippen molar-refractivity contribution in [2.45, 2.75) is 51.2 Å². The number of aliphatic hydroxyl groups is 1. The SMILES string of the molecule is C[C@]12CC[C@H]3c4ccc(OCc5ccccc5)cc4CC[C@H]3[C@H]1C=C[C@@H]2O. The molecule has 2 aromatic rings. The third-order valence-electron chi connectivity index (χ3n) is 7.42. The zero-order chi connectivity index (χ0) is 18.4. The number of rotatable bonds is 3. The summed E-state index contributed by atoms with van der Waals surface area (Å²) in [6, 6.07) is 17.1. The van der Waals surface area contributed by atoms with Crippen LogP contribution in [-0.2, 0) is 13.0 Å². The van der Waals surface area contributed by atoms with Crippen LogP contribution in [0.5, 0.6) is 5.75 Å². The molecule has 2 heteroatoms. The maximum Gasteiger partial charge on any atom is 0.120 e. The van der Waals surface area contributed by atoms with E-state index in [1.807, 2.05) is 12.1 Å². The molecule has 0 amide bonds. The van der Waals surface area contributed by atoms with Crippen LogP contribution in [-0.4, -0.2) is 11.2 Å². The van der Waals surface area contributed by atoms with E-state index in [2.05, 4.69) is 55.5 Å². The van der Waals surface area contributed by atoms with E-state index in [-0.39, 0.29) is 11.5 Å². The van der Waals surface area contributed by atoms with Crippen molar-refractivity contribution in [2.75, 3.05) is 0 Å². The smallest absolute Gasteiger partial charge is 0.120 e. The summed E-state index contributed by atoms with van der Waals surface area (Å²) >= 11 is 0. The highest BCUT2D eigenvalue weighted by atomic mass is 16.5. The minimum atomic E-state index is -0.265. The maximum atomic E-state index is 10.5. The van der Waals surface area contributed by atoms with Gasteiger partial charge in [0.2, 0.25) is 0 Å². The van der Waals surface area contributed by atoms with Crippen LogP contribution in [0.2, 0.25) is 0 Å². The molecular weight excluding hydrogens is 332 g/mol. The van der Waals surface area contributed by atoms with Crippen LogP contribution in [0.1, 0.15) is 48.8 Å². The summed E-state index contributed by atoms with van der Waals surface area (Å²) in [6.45, 7) is 2.91. The predicted octanol–water partition coefficient (Wildman–Crippen LogP) is 5.26. The Morgan fingerprint density at radius 1 is 1.07 bits per heavy atom. The summed E-state index contributed by atoms with van der Waals surface area (Å²) in [5, 5.41) is 10.5. The number of aryl methyl sites for hydroxylation is 1. The molecule has 140 valence electrons. The van der Waals surface area contributed by atoms with Crippen molar-refractivity contribution in [1.29, 1.82) is 0 Å². The fourth-order valence-corrected chi connectivity index (χ4v) is 5.82. The summed E-state index contributed by atoms with van der Waals surface area (Å²) < 4.78 is 6.05. The fraction of sp³-hybridized carbons (Fsp3) is 0.440. The normalized spacial score (nSPS) is 33.9. The number of benzene rings is 2. The summed E-state index contributed by atoms with van der Waals surface area (Å²) in [6.07, 6.45) is 8.73. The average Bonchev–Trinajstić information content (AvgIpc) is 3.01. The van der Waals surface area contributed by atoms with Gasteiger partial charge in [-0.15, -0.1) is 0 Å². The fourth-order valence-electron chi connectivity index (χ4n) is 5.82.